The Morgan fingerprint density at radius 1 is 1.32 bits per heavy atom. The van der Waals surface area contributed by atoms with Gasteiger partial charge >= 0.3 is 0 Å². The molecule has 4 heteroatoms. The topological polar surface area (TPSA) is 60.8 Å². The van der Waals surface area contributed by atoms with Crippen LogP contribution in [0.2, 0.25) is 0 Å². The van der Waals surface area contributed by atoms with Crippen LogP contribution < -0.4 is 0 Å². The minimum Gasteiger partial charge on any atom is -0.508 e. The molecule has 0 aliphatic heterocycles. The highest BCUT2D eigenvalue weighted by molar-refractivity contribution is 5.95. The molecule has 0 radical (unpaired) electrons. The van der Waals surface area contributed by atoms with Crippen molar-refractivity contribution in [2.45, 2.75) is 39.7 Å². The first-order chi connectivity index (χ1) is 9.04. The lowest BCUT2D eigenvalue weighted by Gasteiger charge is -2.30. The maximum atomic E-state index is 12.5. The summed E-state index contributed by atoms with van der Waals surface area (Å²) in [7, 11) is 0. The standard InChI is InChI=1S/C15H23NO3/c1-4-13(5-2)16(8-9-17)15(19)12-7-6-11(3)14(18)10-12/h6-7,10,13,17-18H,4-5,8-9H2,1-3H3. The van der Waals surface area contributed by atoms with Gasteiger partial charge < -0.3 is 15.1 Å². The van der Waals surface area contributed by atoms with Gasteiger partial charge in [-0.05, 0) is 37.5 Å². The second-order valence-corrected chi connectivity index (χ2v) is 4.69. The number of amides is 1. The van der Waals surface area contributed by atoms with Crippen molar-refractivity contribution in [1.82, 2.24) is 4.90 Å². The molecular weight excluding hydrogens is 242 g/mol. The fraction of sp³-hybridized carbons (Fsp3) is 0.533. The minimum atomic E-state index is -0.141. The smallest absolute Gasteiger partial charge is 0.254 e. The highest BCUT2D eigenvalue weighted by Crippen LogP contribution is 2.20. The highest BCUT2D eigenvalue weighted by Gasteiger charge is 2.22. The molecule has 0 fully saturated rings. The summed E-state index contributed by atoms with van der Waals surface area (Å²) in [6.07, 6.45) is 1.69. The molecule has 0 atom stereocenters. The van der Waals surface area contributed by atoms with Crippen LogP contribution in [0.5, 0.6) is 5.75 Å². The average molecular weight is 265 g/mol. The van der Waals surface area contributed by atoms with Gasteiger partial charge in [-0.1, -0.05) is 19.9 Å². The van der Waals surface area contributed by atoms with Crippen LogP contribution in [0.4, 0.5) is 0 Å². The number of aliphatic hydroxyl groups is 1. The van der Waals surface area contributed by atoms with E-state index < -0.39 is 0 Å². The molecule has 19 heavy (non-hydrogen) atoms. The molecule has 0 unspecified atom stereocenters. The molecule has 0 aliphatic rings. The van der Waals surface area contributed by atoms with Gasteiger partial charge in [0, 0.05) is 18.2 Å². The third-order valence-corrected chi connectivity index (χ3v) is 3.44. The Morgan fingerprint density at radius 3 is 2.42 bits per heavy atom. The van der Waals surface area contributed by atoms with Gasteiger partial charge in [0.25, 0.3) is 5.91 Å². The fourth-order valence-electron chi connectivity index (χ4n) is 2.20. The largest absolute Gasteiger partial charge is 0.508 e. The van der Waals surface area contributed by atoms with E-state index in [1.807, 2.05) is 13.8 Å². The third-order valence-electron chi connectivity index (χ3n) is 3.44. The molecule has 0 aliphatic carbocycles. The van der Waals surface area contributed by atoms with Crippen LogP contribution in [0.15, 0.2) is 18.2 Å². The quantitative estimate of drug-likeness (QED) is 0.830. The maximum absolute atomic E-state index is 12.5. The summed E-state index contributed by atoms with van der Waals surface area (Å²) < 4.78 is 0. The van der Waals surface area contributed by atoms with Crippen molar-refractivity contribution in [1.29, 1.82) is 0 Å². The molecular formula is C15H23NO3. The van der Waals surface area contributed by atoms with E-state index in [0.29, 0.717) is 12.1 Å². The van der Waals surface area contributed by atoms with Crippen LogP contribution in [0.3, 0.4) is 0 Å². The number of aryl methyl sites for hydroxylation is 1. The normalized spacial score (nSPS) is 10.8. The van der Waals surface area contributed by atoms with E-state index in [1.165, 1.54) is 6.07 Å². The number of carbonyl (C=O) groups is 1. The summed E-state index contributed by atoms with van der Waals surface area (Å²) in [5.74, 6) is -0.0163. The lowest BCUT2D eigenvalue weighted by molar-refractivity contribution is 0.0622. The van der Waals surface area contributed by atoms with Crippen molar-refractivity contribution in [3.63, 3.8) is 0 Å². The number of phenols is 1. The number of nitrogens with zero attached hydrogens (tertiary/aromatic N) is 1. The lowest BCUT2D eigenvalue weighted by Crippen LogP contribution is -2.41. The van der Waals surface area contributed by atoms with Crippen molar-refractivity contribution >= 4 is 5.91 Å². The first-order valence-corrected chi connectivity index (χ1v) is 6.76. The van der Waals surface area contributed by atoms with Crippen molar-refractivity contribution < 1.29 is 15.0 Å². The van der Waals surface area contributed by atoms with Gasteiger partial charge in [-0.2, -0.15) is 0 Å². The number of hydrogen-bond donors (Lipinski definition) is 2. The molecule has 1 aromatic carbocycles. The second-order valence-electron chi connectivity index (χ2n) is 4.69. The third kappa shape index (κ3) is 3.70. The Kier molecular flexibility index (Phi) is 5.83. The van der Waals surface area contributed by atoms with Gasteiger partial charge in [0.1, 0.15) is 5.75 Å². The minimum absolute atomic E-state index is 0.0555. The molecule has 1 aromatic rings. The van der Waals surface area contributed by atoms with Crippen molar-refractivity contribution in [3.8, 4) is 5.75 Å². The monoisotopic (exact) mass is 265 g/mol. The summed E-state index contributed by atoms with van der Waals surface area (Å²) in [4.78, 5) is 14.1. The van der Waals surface area contributed by atoms with E-state index >= 15 is 0 Å². The number of benzene rings is 1. The molecule has 0 heterocycles. The predicted octanol–water partition coefficient (Wildman–Crippen LogP) is 2.32. The van der Waals surface area contributed by atoms with Crippen LogP contribution in [0, 0.1) is 6.92 Å². The molecule has 1 amide bonds. The van der Waals surface area contributed by atoms with Crippen LogP contribution in [0.25, 0.3) is 0 Å². The zero-order valence-corrected chi connectivity index (χ0v) is 11.9. The van der Waals surface area contributed by atoms with E-state index in [9.17, 15) is 9.90 Å². The molecule has 1 rings (SSSR count). The highest BCUT2D eigenvalue weighted by atomic mass is 16.3. The Bertz CT molecular complexity index is 427. The zero-order chi connectivity index (χ0) is 14.4. The second kappa shape index (κ2) is 7.14. The maximum Gasteiger partial charge on any atom is 0.254 e. The van der Waals surface area contributed by atoms with E-state index in [-0.39, 0.29) is 24.3 Å². The average Bonchev–Trinajstić information content (AvgIpc) is 2.41. The van der Waals surface area contributed by atoms with Crippen molar-refractivity contribution in [2.24, 2.45) is 0 Å². The number of aliphatic hydroxyl groups excluding tert-OH is 1. The molecule has 0 saturated heterocycles. The molecule has 0 saturated carbocycles. The summed E-state index contributed by atoms with van der Waals surface area (Å²) >= 11 is 0. The van der Waals surface area contributed by atoms with Crippen LogP contribution >= 0.6 is 0 Å². The Labute approximate surface area is 114 Å². The number of phenolic OH excluding ortho intramolecular Hbond substituents is 1. The molecule has 0 spiro atoms. The number of rotatable bonds is 6. The molecule has 0 bridgehead atoms. The van der Waals surface area contributed by atoms with Crippen molar-refractivity contribution in [2.75, 3.05) is 13.2 Å². The van der Waals surface area contributed by atoms with E-state index in [2.05, 4.69) is 0 Å². The lowest BCUT2D eigenvalue weighted by atomic mass is 10.1. The summed E-state index contributed by atoms with van der Waals surface area (Å²) in [5.41, 5.74) is 1.20. The fourth-order valence-corrected chi connectivity index (χ4v) is 2.20. The van der Waals surface area contributed by atoms with E-state index in [1.54, 1.807) is 24.0 Å². The van der Waals surface area contributed by atoms with Gasteiger partial charge in [0.2, 0.25) is 0 Å². The molecule has 106 valence electrons. The van der Waals surface area contributed by atoms with Gasteiger partial charge in [-0.15, -0.1) is 0 Å². The molecule has 2 N–H and O–H groups in total. The Morgan fingerprint density at radius 2 is 1.95 bits per heavy atom. The Balaban J connectivity index is 3.01. The first kappa shape index (κ1) is 15.5. The van der Waals surface area contributed by atoms with Gasteiger partial charge in [-0.3, -0.25) is 4.79 Å². The summed E-state index contributed by atoms with van der Waals surface area (Å²) in [5, 5.41) is 18.8. The van der Waals surface area contributed by atoms with E-state index in [4.69, 9.17) is 5.11 Å². The number of aromatic hydroxyl groups is 1. The van der Waals surface area contributed by atoms with Crippen LogP contribution in [0.1, 0.15) is 42.6 Å². The number of carbonyl (C=O) groups excluding carboxylic acids is 1. The van der Waals surface area contributed by atoms with Gasteiger partial charge in [-0.25, -0.2) is 0 Å². The molecule has 4 nitrogen and oxygen atoms in total. The first-order valence-electron chi connectivity index (χ1n) is 6.76. The summed E-state index contributed by atoms with van der Waals surface area (Å²) in [6, 6.07) is 5.05. The van der Waals surface area contributed by atoms with Crippen molar-refractivity contribution in [3.05, 3.63) is 29.3 Å². The zero-order valence-electron chi connectivity index (χ0n) is 11.9. The van der Waals surface area contributed by atoms with Crippen LogP contribution in [-0.4, -0.2) is 40.2 Å². The van der Waals surface area contributed by atoms with Gasteiger partial charge in [0.05, 0.1) is 6.61 Å². The number of hydrogen-bond acceptors (Lipinski definition) is 3. The SMILES string of the molecule is CCC(CC)N(CCO)C(=O)c1ccc(C)c(O)c1. The Hall–Kier alpha value is -1.55. The predicted molar refractivity (Wildman–Crippen MR) is 75.3 cm³/mol. The van der Waals surface area contributed by atoms with Crippen LogP contribution in [-0.2, 0) is 0 Å². The van der Waals surface area contributed by atoms with Gasteiger partial charge in [0.15, 0.2) is 0 Å². The summed E-state index contributed by atoms with van der Waals surface area (Å²) in [6.45, 7) is 6.10. The van der Waals surface area contributed by atoms with E-state index in [0.717, 1.165) is 18.4 Å². The molecule has 0 aromatic heterocycles.